The van der Waals surface area contributed by atoms with Crippen molar-refractivity contribution in [1.82, 2.24) is 20.2 Å². The second-order valence-corrected chi connectivity index (χ2v) is 9.84. The first-order chi connectivity index (χ1) is 15.0. The maximum Gasteiger partial charge on any atom is 0.230 e. The minimum Gasteiger partial charge on any atom is -0.353 e. The number of piperazine rings is 1. The van der Waals surface area contributed by atoms with Gasteiger partial charge in [0.1, 0.15) is 11.0 Å². The zero-order valence-corrected chi connectivity index (χ0v) is 20.2. The average molecular weight is 468 g/mol. The highest BCUT2D eigenvalue weighted by Gasteiger charge is 2.28. The van der Waals surface area contributed by atoms with Crippen molar-refractivity contribution in [3.05, 3.63) is 11.2 Å². The number of anilines is 1. The first-order valence-electron chi connectivity index (χ1n) is 11.5. The molecular weight excluding hydrogens is 434 g/mol. The van der Waals surface area contributed by atoms with Crippen LogP contribution in [-0.2, 0) is 9.59 Å². The van der Waals surface area contributed by atoms with E-state index >= 15 is 0 Å². The maximum atomic E-state index is 12.6. The Morgan fingerprint density at radius 3 is 2.68 bits per heavy atom. The summed E-state index contributed by atoms with van der Waals surface area (Å²) in [4.78, 5) is 37.6. The highest BCUT2D eigenvalue weighted by molar-refractivity contribution is 7.99. The molecule has 0 bridgehead atoms. The van der Waals surface area contributed by atoms with E-state index in [-0.39, 0.29) is 23.6 Å². The largest absolute Gasteiger partial charge is 0.353 e. The van der Waals surface area contributed by atoms with Crippen molar-refractivity contribution in [2.75, 3.05) is 30.3 Å². The number of amides is 2. The Hall–Kier alpha value is -1.54. The summed E-state index contributed by atoms with van der Waals surface area (Å²) in [6.07, 6.45) is 8.56. The van der Waals surface area contributed by atoms with Crippen molar-refractivity contribution in [3.63, 3.8) is 0 Å². The van der Waals surface area contributed by atoms with Crippen molar-refractivity contribution in [3.8, 4) is 0 Å². The van der Waals surface area contributed by atoms with Crippen LogP contribution in [0.3, 0.4) is 0 Å². The lowest BCUT2D eigenvalue weighted by molar-refractivity contribution is -0.133. The Balaban J connectivity index is 1.49. The van der Waals surface area contributed by atoms with Gasteiger partial charge in [-0.3, -0.25) is 9.59 Å². The smallest absolute Gasteiger partial charge is 0.230 e. The molecule has 3 rings (SSSR count). The summed E-state index contributed by atoms with van der Waals surface area (Å²) in [5.74, 6) is 1.30. The van der Waals surface area contributed by atoms with Gasteiger partial charge in [-0.1, -0.05) is 56.0 Å². The van der Waals surface area contributed by atoms with Gasteiger partial charge in [0.2, 0.25) is 11.8 Å². The number of rotatable bonds is 11. The number of aromatic nitrogens is 2. The van der Waals surface area contributed by atoms with E-state index < -0.39 is 0 Å². The summed E-state index contributed by atoms with van der Waals surface area (Å²) in [6, 6.07) is 2.22. The minimum atomic E-state index is 0.00747. The van der Waals surface area contributed by atoms with Crippen LogP contribution < -0.4 is 10.2 Å². The Kier molecular flexibility index (Phi) is 9.26. The van der Waals surface area contributed by atoms with Crippen molar-refractivity contribution >= 4 is 41.0 Å². The Morgan fingerprint density at radius 1 is 1.19 bits per heavy atom. The van der Waals surface area contributed by atoms with E-state index in [9.17, 15) is 9.59 Å². The Bertz CT molecular complexity index is 761. The normalized spacial score (nSPS) is 18.9. The molecule has 1 aliphatic carbocycles. The van der Waals surface area contributed by atoms with Crippen LogP contribution in [0.1, 0.15) is 65.2 Å². The fraction of sp³-hybridized carbons (Fsp3) is 0.727. The Labute approximate surface area is 194 Å². The lowest BCUT2D eigenvalue weighted by Gasteiger charge is -2.40. The van der Waals surface area contributed by atoms with Gasteiger partial charge in [0, 0.05) is 44.2 Å². The van der Waals surface area contributed by atoms with Crippen LogP contribution >= 0.6 is 23.4 Å². The van der Waals surface area contributed by atoms with Crippen LogP contribution in [0.15, 0.2) is 11.2 Å². The van der Waals surface area contributed by atoms with Crippen molar-refractivity contribution < 1.29 is 9.59 Å². The van der Waals surface area contributed by atoms with Crippen LogP contribution in [0.2, 0.25) is 5.15 Å². The van der Waals surface area contributed by atoms with Gasteiger partial charge in [-0.2, -0.15) is 0 Å². The standard InChI is InChI=1S/C22H34ClN5O2S/c1-3-4-5-6-7-8-21(30)28-12-11-27(14-16(28)2)19-13-18(23)25-22(26-19)31-15-20(29)24-17-9-10-17/h13,16-17H,3-12,14-15H2,1-2H3,(H,24,29). The highest BCUT2D eigenvalue weighted by atomic mass is 35.5. The summed E-state index contributed by atoms with van der Waals surface area (Å²) < 4.78 is 0. The summed E-state index contributed by atoms with van der Waals surface area (Å²) in [5.41, 5.74) is 0. The second kappa shape index (κ2) is 11.9. The van der Waals surface area contributed by atoms with E-state index in [0.717, 1.165) is 31.5 Å². The van der Waals surface area contributed by atoms with Crippen LogP contribution in [-0.4, -0.2) is 64.2 Å². The van der Waals surface area contributed by atoms with Gasteiger partial charge in [-0.25, -0.2) is 9.97 Å². The number of thioether (sulfide) groups is 1. The molecule has 1 aromatic heterocycles. The molecule has 7 nitrogen and oxygen atoms in total. The molecular formula is C22H34ClN5O2S. The molecule has 9 heteroatoms. The number of unbranched alkanes of at least 4 members (excludes halogenated alkanes) is 4. The molecule has 1 aliphatic heterocycles. The number of nitrogens with zero attached hydrogens (tertiary/aromatic N) is 4. The molecule has 1 aromatic rings. The second-order valence-electron chi connectivity index (χ2n) is 8.51. The number of hydrogen-bond donors (Lipinski definition) is 1. The quantitative estimate of drug-likeness (QED) is 0.230. The van der Waals surface area contributed by atoms with Crippen molar-refractivity contribution in [2.24, 2.45) is 0 Å². The van der Waals surface area contributed by atoms with E-state index in [1.807, 2.05) is 4.90 Å². The van der Waals surface area contributed by atoms with Gasteiger partial charge in [-0.05, 0) is 26.2 Å². The molecule has 0 spiro atoms. The molecule has 2 amide bonds. The first-order valence-corrected chi connectivity index (χ1v) is 12.8. The van der Waals surface area contributed by atoms with E-state index in [2.05, 4.69) is 34.0 Å². The fourth-order valence-electron chi connectivity index (χ4n) is 3.80. The number of carbonyl (C=O) groups excluding carboxylic acids is 2. The molecule has 1 N–H and O–H groups in total. The third-order valence-electron chi connectivity index (χ3n) is 5.70. The van der Waals surface area contributed by atoms with Crippen LogP contribution in [0.5, 0.6) is 0 Å². The van der Waals surface area contributed by atoms with Crippen molar-refractivity contribution in [2.45, 2.75) is 82.5 Å². The van der Waals surface area contributed by atoms with Gasteiger partial charge < -0.3 is 15.1 Å². The molecule has 2 fully saturated rings. The third kappa shape index (κ3) is 7.83. The van der Waals surface area contributed by atoms with Crippen LogP contribution in [0.25, 0.3) is 0 Å². The molecule has 0 radical (unpaired) electrons. The van der Waals surface area contributed by atoms with Gasteiger partial charge in [0.15, 0.2) is 5.16 Å². The van der Waals surface area contributed by atoms with Crippen LogP contribution in [0.4, 0.5) is 5.82 Å². The van der Waals surface area contributed by atoms with Gasteiger partial charge in [0.25, 0.3) is 0 Å². The molecule has 1 atom stereocenters. The topological polar surface area (TPSA) is 78.4 Å². The summed E-state index contributed by atoms with van der Waals surface area (Å²) in [6.45, 7) is 6.39. The molecule has 1 saturated carbocycles. The first kappa shape index (κ1) is 24.1. The molecule has 1 unspecified atom stereocenters. The number of nitrogens with one attached hydrogen (secondary N) is 1. The summed E-state index contributed by atoms with van der Waals surface area (Å²) in [7, 11) is 0. The van der Waals surface area contributed by atoms with Crippen LogP contribution in [0, 0.1) is 0 Å². The highest BCUT2D eigenvalue weighted by Crippen LogP contribution is 2.25. The zero-order valence-electron chi connectivity index (χ0n) is 18.6. The molecule has 172 valence electrons. The van der Waals surface area contributed by atoms with E-state index in [1.165, 1.54) is 31.0 Å². The average Bonchev–Trinajstić information content (AvgIpc) is 3.55. The van der Waals surface area contributed by atoms with Gasteiger partial charge >= 0.3 is 0 Å². The van der Waals surface area contributed by atoms with E-state index in [1.54, 1.807) is 6.07 Å². The third-order valence-corrected chi connectivity index (χ3v) is 6.74. The molecule has 2 heterocycles. The molecule has 2 aliphatic rings. The van der Waals surface area contributed by atoms with E-state index in [4.69, 9.17) is 11.6 Å². The van der Waals surface area contributed by atoms with E-state index in [0.29, 0.717) is 42.4 Å². The lowest BCUT2D eigenvalue weighted by Crippen LogP contribution is -2.54. The minimum absolute atomic E-state index is 0.00747. The SMILES string of the molecule is CCCCCCCC(=O)N1CCN(c2cc(Cl)nc(SCC(=O)NC3CC3)n2)CC1C. The molecule has 1 saturated heterocycles. The molecule has 0 aromatic carbocycles. The maximum absolute atomic E-state index is 12.6. The number of carbonyl (C=O) groups is 2. The van der Waals surface area contributed by atoms with Gasteiger partial charge in [-0.15, -0.1) is 0 Å². The summed E-state index contributed by atoms with van der Waals surface area (Å²) >= 11 is 7.53. The summed E-state index contributed by atoms with van der Waals surface area (Å²) in [5, 5.41) is 3.84. The monoisotopic (exact) mass is 467 g/mol. The lowest BCUT2D eigenvalue weighted by atomic mass is 10.1. The molecule has 31 heavy (non-hydrogen) atoms. The predicted octanol–water partition coefficient (Wildman–Crippen LogP) is 3.90. The Morgan fingerprint density at radius 2 is 1.97 bits per heavy atom. The zero-order chi connectivity index (χ0) is 22.2. The number of hydrogen-bond acceptors (Lipinski definition) is 6. The fourth-order valence-corrected chi connectivity index (χ4v) is 4.69. The van der Waals surface area contributed by atoms with Crippen molar-refractivity contribution in [1.29, 1.82) is 0 Å². The number of halogens is 1. The predicted molar refractivity (Wildman–Crippen MR) is 126 cm³/mol. The van der Waals surface area contributed by atoms with Gasteiger partial charge in [0.05, 0.1) is 5.75 Å².